The van der Waals surface area contributed by atoms with Gasteiger partial charge in [-0.2, -0.15) is 0 Å². The number of carbonyl (C=O) groups excluding carboxylic acids is 1. The van der Waals surface area contributed by atoms with Gasteiger partial charge in [-0.3, -0.25) is 14.8 Å². The average Bonchev–Trinajstić information content (AvgIpc) is 3.31. The maximum atomic E-state index is 11.4. The van der Waals surface area contributed by atoms with E-state index in [-0.39, 0.29) is 12.6 Å². The number of furan rings is 1. The van der Waals surface area contributed by atoms with E-state index in [4.69, 9.17) is 9.52 Å². The number of carbonyl (C=O) groups is 1. The number of anilines is 1. The summed E-state index contributed by atoms with van der Waals surface area (Å²) in [5, 5.41) is 14.3. The molecule has 0 saturated heterocycles. The Morgan fingerprint density at radius 1 is 1.09 bits per heavy atom. The van der Waals surface area contributed by atoms with Gasteiger partial charge < -0.3 is 14.8 Å². The lowest BCUT2D eigenvalue weighted by molar-refractivity contribution is 0.112. The molecule has 1 unspecified atom stereocenters. The zero-order valence-electron chi connectivity index (χ0n) is 20.8. The van der Waals surface area contributed by atoms with Crippen LogP contribution in [0.4, 0.5) is 5.69 Å². The van der Waals surface area contributed by atoms with Crippen molar-refractivity contribution in [1.82, 2.24) is 4.98 Å². The Bertz CT molecular complexity index is 1290. The second-order valence-corrected chi connectivity index (χ2v) is 8.45. The minimum atomic E-state index is 0.0916. The molecule has 4 rings (SSSR count). The largest absolute Gasteiger partial charge is 0.460 e. The number of benzene rings is 2. The lowest BCUT2D eigenvalue weighted by Crippen LogP contribution is -2.08. The van der Waals surface area contributed by atoms with Gasteiger partial charge in [-0.05, 0) is 80.5 Å². The van der Waals surface area contributed by atoms with Crippen molar-refractivity contribution in [3.8, 4) is 11.5 Å². The Labute approximate surface area is 206 Å². The van der Waals surface area contributed by atoms with Crippen LogP contribution in [0.2, 0.25) is 0 Å². The van der Waals surface area contributed by atoms with Crippen LogP contribution < -0.4 is 5.32 Å². The second-order valence-electron chi connectivity index (χ2n) is 8.45. The Balaban J connectivity index is 0.000000223. The van der Waals surface area contributed by atoms with Crippen molar-refractivity contribution in [2.75, 3.05) is 11.9 Å². The molecule has 0 spiro atoms. The molecule has 1 atom stereocenters. The molecule has 0 aliphatic heterocycles. The smallest absolute Gasteiger partial charge is 0.152 e. The predicted molar refractivity (Wildman–Crippen MR) is 143 cm³/mol. The fourth-order valence-electron chi connectivity index (χ4n) is 3.82. The van der Waals surface area contributed by atoms with E-state index in [1.165, 1.54) is 5.56 Å². The molecule has 0 fully saturated rings. The molecule has 0 aliphatic carbocycles. The van der Waals surface area contributed by atoms with Gasteiger partial charge in [-0.1, -0.05) is 31.2 Å². The van der Waals surface area contributed by atoms with Gasteiger partial charge in [0.05, 0.1) is 18.1 Å². The molecule has 0 amide bonds. The normalized spacial score (nSPS) is 11.8. The number of aliphatic imine (C=N–C) groups is 1. The summed E-state index contributed by atoms with van der Waals surface area (Å²) in [7, 11) is 0. The molecule has 0 saturated carbocycles. The Morgan fingerprint density at radius 2 is 1.86 bits per heavy atom. The van der Waals surface area contributed by atoms with Crippen LogP contribution in [0.15, 0.2) is 70.2 Å². The zero-order valence-corrected chi connectivity index (χ0v) is 20.8. The summed E-state index contributed by atoms with van der Waals surface area (Å²) in [6.45, 7) is 8.14. The summed E-state index contributed by atoms with van der Waals surface area (Å²) < 4.78 is 5.46. The summed E-state index contributed by atoms with van der Waals surface area (Å²) in [5.74, 6) is 1.75. The van der Waals surface area contributed by atoms with Gasteiger partial charge in [0.2, 0.25) is 0 Å². The highest BCUT2D eigenvalue weighted by atomic mass is 16.3. The molecule has 6 heteroatoms. The number of fused-ring (bicyclic) bond motifs is 1. The van der Waals surface area contributed by atoms with Crippen LogP contribution in [-0.2, 0) is 0 Å². The van der Waals surface area contributed by atoms with Crippen LogP contribution in [0.5, 0.6) is 0 Å². The minimum absolute atomic E-state index is 0.0916. The van der Waals surface area contributed by atoms with Crippen LogP contribution in [0.3, 0.4) is 0 Å². The van der Waals surface area contributed by atoms with Crippen molar-refractivity contribution in [1.29, 1.82) is 0 Å². The number of aliphatic hydroxyl groups excluding tert-OH is 1. The van der Waals surface area contributed by atoms with Crippen LogP contribution in [0.25, 0.3) is 22.2 Å². The van der Waals surface area contributed by atoms with Crippen molar-refractivity contribution >= 4 is 29.1 Å². The van der Waals surface area contributed by atoms with Crippen LogP contribution in [0.1, 0.15) is 47.0 Å². The third-order valence-electron chi connectivity index (χ3n) is 5.74. The van der Waals surface area contributed by atoms with Gasteiger partial charge in [-0.25, -0.2) is 0 Å². The van der Waals surface area contributed by atoms with Crippen LogP contribution in [-0.4, -0.2) is 35.4 Å². The summed E-state index contributed by atoms with van der Waals surface area (Å²) in [5.41, 5.74) is 4.57. The van der Waals surface area contributed by atoms with Crippen molar-refractivity contribution in [3.63, 3.8) is 0 Å². The fraction of sp³-hybridized carbons (Fsp3) is 0.276. The number of aromatic nitrogens is 1. The number of nitrogens with one attached hydrogen (secondary N) is 1. The quantitative estimate of drug-likeness (QED) is 0.173. The van der Waals surface area contributed by atoms with E-state index in [2.05, 4.69) is 15.3 Å². The van der Waals surface area contributed by atoms with E-state index in [0.717, 1.165) is 51.9 Å². The number of aliphatic hydroxyl groups is 1. The molecule has 0 radical (unpaired) electrons. The van der Waals surface area contributed by atoms with Crippen molar-refractivity contribution in [2.24, 2.45) is 4.99 Å². The molecule has 2 aromatic heterocycles. The molecular weight excluding hydrogens is 438 g/mol. The number of aldehydes is 1. The summed E-state index contributed by atoms with van der Waals surface area (Å²) >= 11 is 0. The monoisotopic (exact) mass is 471 g/mol. The van der Waals surface area contributed by atoms with E-state index in [1.807, 2.05) is 82.3 Å². The van der Waals surface area contributed by atoms with Gasteiger partial charge in [-0.15, -0.1) is 0 Å². The molecule has 0 bridgehead atoms. The second kappa shape index (κ2) is 12.6. The maximum Gasteiger partial charge on any atom is 0.152 e. The standard InChI is InChI=1S/C18H22N2O2.C11H11NO/c1-3-15(8-9-21)19-12-20-18-14(11-22)10-13(2)16-6-4-5-7-17(16)18;1-8-5-6-12-10(7-8)11-4-3-9(2)13-11/h4-7,10-12,15,21H,3,8-9H2,1-2H3,(H,19,20);3-7H,1-2H3. The van der Waals surface area contributed by atoms with Crippen LogP contribution >= 0.6 is 0 Å². The third kappa shape index (κ3) is 6.87. The maximum absolute atomic E-state index is 11.4. The van der Waals surface area contributed by atoms with Gasteiger partial charge >= 0.3 is 0 Å². The van der Waals surface area contributed by atoms with E-state index in [9.17, 15) is 4.79 Å². The fourth-order valence-corrected chi connectivity index (χ4v) is 3.82. The number of pyridine rings is 1. The SMILES string of the molecule is CCC(CCO)N=CNc1c(C=O)cc(C)c2ccccc12.Cc1ccnc(-c2ccc(C)o2)c1. The Kier molecular flexibility index (Phi) is 9.32. The molecule has 0 aliphatic rings. The molecule has 182 valence electrons. The van der Waals surface area contributed by atoms with E-state index >= 15 is 0 Å². The van der Waals surface area contributed by atoms with Gasteiger partial charge in [0.25, 0.3) is 0 Å². The minimum Gasteiger partial charge on any atom is -0.460 e. The molecule has 4 aromatic rings. The molecule has 2 N–H and O–H groups in total. The van der Waals surface area contributed by atoms with Crippen molar-refractivity contribution < 1.29 is 14.3 Å². The van der Waals surface area contributed by atoms with E-state index in [0.29, 0.717) is 12.0 Å². The molecule has 6 nitrogen and oxygen atoms in total. The number of nitrogens with zero attached hydrogens (tertiary/aromatic N) is 2. The first kappa shape index (κ1) is 25.8. The first-order valence-electron chi connectivity index (χ1n) is 11.8. The highest BCUT2D eigenvalue weighted by molar-refractivity contribution is 6.06. The highest BCUT2D eigenvalue weighted by Crippen LogP contribution is 2.29. The first-order valence-corrected chi connectivity index (χ1v) is 11.8. The number of hydrogen-bond donors (Lipinski definition) is 2. The number of rotatable bonds is 8. The predicted octanol–water partition coefficient (Wildman–Crippen LogP) is 6.52. The van der Waals surface area contributed by atoms with Gasteiger partial charge in [0.15, 0.2) is 12.0 Å². The number of aryl methyl sites for hydroxylation is 3. The highest BCUT2D eigenvalue weighted by Gasteiger charge is 2.09. The van der Waals surface area contributed by atoms with E-state index in [1.54, 1.807) is 12.5 Å². The van der Waals surface area contributed by atoms with Gasteiger partial charge in [0.1, 0.15) is 11.5 Å². The van der Waals surface area contributed by atoms with Gasteiger partial charge in [0, 0.05) is 23.8 Å². The van der Waals surface area contributed by atoms with Crippen molar-refractivity contribution in [3.05, 3.63) is 83.2 Å². The third-order valence-corrected chi connectivity index (χ3v) is 5.74. The number of hydrogen-bond acceptors (Lipinski definition) is 5. The van der Waals surface area contributed by atoms with E-state index < -0.39 is 0 Å². The first-order chi connectivity index (χ1) is 17.0. The summed E-state index contributed by atoms with van der Waals surface area (Å²) in [6, 6.07) is 17.8. The summed E-state index contributed by atoms with van der Waals surface area (Å²) in [4.78, 5) is 20.0. The van der Waals surface area contributed by atoms with Crippen LogP contribution in [0, 0.1) is 20.8 Å². The lowest BCUT2D eigenvalue weighted by atomic mass is 10.00. The summed E-state index contributed by atoms with van der Waals surface area (Å²) in [6.07, 6.45) is 5.80. The average molecular weight is 472 g/mol. The lowest BCUT2D eigenvalue weighted by Gasteiger charge is -2.12. The Morgan fingerprint density at radius 3 is 2.49 bits per heavy atom. The van der Waals surface area contributed by atoms with Crippen molar-refractivity contribution in [2.45, 2.75) is 46.6 Å². The molecule has 35 heavy (non-hydrogen) atoms. The topological polar surface area (TPSA) is 87.7 Å². The Hall–Kier alpha value is -3.77. The molecule has 2 heterocycles. The molecule has 2 aromatic carbocycles. The molecular formula is C29H33N3O3. The zero-order chi connectivity index (χ0) is 25.2.